The van der Waals surface area contributed by atoms with Crippen LogP contribution in [0, 0.1) is 12.8 Å². The predicted molar refractivity (Wildman–Crippen MR) is 77.9 cm³/mol. The van der Waals surface area contributed by atoms with Crippen molar-refractivity contribution in [1.29, 1.82) is 0 Å². The van der Waals surface area contributed by atoms with Gasteiger partial charge in [0, 0.05) is 21.1 Å². The van der Waals surface area contributed by atoms with Crippen molar-refractivity contribution < 1.29 is 13.2 Å². The minimum atomic E-state index is -3.78. The maximum absolute atomic E-state index is 11.9. The highest BCUT2D eigenvalue weighted by Crippen LogP contribution is 2.33. The third kappa shape index (κ3) is 3.30. The Bertz CT molecular complexity index is 626. The summed E-state index contributed by atoms with van der Waals surface area (Å²) in [7, 11) is 1.56. The van der Waals surface area contributed by atoms with Gasteiger partial charge in [0.15, 0.2) is 0 Å². The summed E-state index contributed by atoms with van der Waals surface area (Å²) in [6.07, 6.45) is 2.91. The number of nitrogens with one attached hydrogen (secondary N) is 1. The number of hydrogen-bond donors (Lipinski definition) is 1. The third-order valence-corrected chi connectivity index (χ3v) is 5.38. The van der Waals surface area contributed by atoms with E-state index in [0.29, 0.717) is 15.7 Å². The molecular weight excluding hydrogens is 354 g/mol. The monoisotopic (exact) mass is 365 g/mol. The first-order chi connectivity index (χ1) is 8.79. The van der Waals surface area contributed by atoms with E-state index in [1.54, 1.807) is 13.0 Å². The molecule has 0 radical (unpaired) electrons. The van der Waals surface area contributed by atoms with E-state index >= 15 is 0 Å². The summed E-state index contributed by atoms with van der Waals surface area (Å²) in [4.78, 5) is 11.9. The zero-order valence-corrected chi connectivity index (χ0v) is 13.4. The highest BCUT2D eigenvalue weighted by atomic mass is 79.9. The average Bonchev–Trinajstić information content (AvgIpc) is 2.18. The van der Waals surface area contributed by atoms with E-state index < -0.39 is 9.05 Å². The van der Waals surface area contributed by atoms with Crippen LogP contribution < -0.4 is 5.32 Å². The number of carbonyl (C=O) groups excluding carboxylic acids is 1. The summed E-state index contributed by atoms with van der Waals surface area (Å²) in [6.45, 7) is 1.64. The average molecular weight is 367 g/mol. The molecule has 0 spiro atoms. The Balaban J connectivity index is 2.28. The van der Waals surface area contributed by atoms with Gasteiger partial charge in [-0.2, -0.15) is 0 Å². The maximum Gasteiger partial charge on any atom is 0.261 e. The highest BCUT2D eigenvalue weighted by Gasteiger charge is 2.26. The van der Waals surface area contributed by atoms with Gasteiger partial charge in [-0.25, -0.2) is 8.42 Å². The number of anilines is 1. The fourth-order valence-electron chi connectivity index (χ4n) is 1.93. The minimum Gasteiger partial charge on any atom is -0.325 e. The van der Waals surface area contributed by atoms with Gasteiger partial charge >= 0.3 is 0 Å². The van der Waals surface area contributed by atoms with Gasteiger partial charge in [0.05, 0.1) is 10.6 Å². The van der Waals surface area contributed by atoms with Crippen molar-refractivity contribution in [2.75, 3.05) is 5.32 Å². The Morgan fingerprint density at radius 2 is 2.05 bits per heavy atom. The van der Waals surface area contributed by atoms with E-state index in [0.717, 1.165) is 19.3 Å². The second-order valence-electron chi connectivity index (χ2n) is 4.65. The van der Waals surface area contributed by atoms with E-state index in [9.17, 15) is 13.2 Å². The van der Waals surface area contributed by atoms with Crippen LogP contribution in [0.25, 0.3) is 0 Å². The summed E-state index contributed by atoms with van der Waals surface area (Å²) in [5, 5.41) is 2.81. The Morgan fingerprint density at radius 1 is 1.42 bits per heavy atom. The fourth-order valence-corrected chi connectivity index (χ4v) is 3.72. The molecule has 1 aromatic carbocycles. The number of carbonyl (C=O) groups is 1. The standard InChI is InChI=1S/C12H13BrClNO3S/c1-7-5-10(15-12(16)8-3-2-4-8)9(13)6-11(7)19(14,17)18/h5-6,8H,2-4H2,1H3,(H,15,16). The number of benzene rings is 1. The molecule has 104 valence electrons. The maximum atomic E-state index is 11.9. The number of amides is 1. The molecule has 0 unspecified atom stereocenters. The van der Waals surface area contributed by atoms with Crippen molar-refractivity contribution in [3.63, 3.8) is 0 Å². The zero-order chi connectivity index (χ0) is 14.2. The van der Waals surface area contributed by atoms with Crippen LogP contribution in [-0.4, -0.2) is 14.3 Å². The first-order valence-electron chi connectivity index (χ1n) is 5.84. The Kier molecular flexibility index (Phi) is 4.23. The van der Waals surface area contributed by atoms with Crippen molar-refractivity contribution in [2.45, 2.75) is 31.1 Å². The zero-order valence-electron chi connectivity index (χ0n) is 10.2. The van der Waals surface area contributed by atoms with E-state index in [1.807, 2.05) is 0 Å². The van der Waals surface area contributed by atoms with Gasteiger partial charge in [0.25, 0.3) is 9.05 Å². The molecule has 0 bridgehead atoms. The molecule has 1 saturated carbocycles. The van der Waals surface area contributed by atoms with Crippen LogP contribution in [-0.2, 0) is 13.8 Å². The topological polar surface area (TPSA) is 63.2 Å². The van der Waals surface area contributed by atoms with Gasteiger partial charge in [0.1, 0.15) is 0 Å². The first-order valence-corrected chi connectivity index (χ1v) is 8.95. The quantitative estimate of drug-likeness (QED) is 0.834. The van der Waals surface area contributed by atoms with Crippen molar-refractivity contribution in [3.05, 3.63) is 22.2 Å². The number of hydrogen-bond acceptors (Lipinski definition) is 3. The van der Waals surface area contributed by atoms with Crippen LogP contribution in [0.15, 0.2) is 21.5 Å². The van der Waals surface area contributed by atoms with Gasteiger partial charge in [-0.05, 0) is 53.4 Å². The van der Waals surface area contributed by atoms with Gasteiger partial charge in [-0.1, -0.05) is 6.42 Å². The molecule has 1 aliphatic rings. The second kappa shape index (κ2) is 5.42. The molecule has 1 fully saturated rings. The van der Waals surface area contributed by atoms with E-state index in [-0.39, 0.29) is 16.7 Å². The summed E-state index contributed by atoms with van der Waals surface area (Å²) in [5.41, 5.74) is 1.07. The lowest BCUT2D eigenvalue weighted by Gasteiger charge is -2.24. The highest BCUT2D eigenvalue weighted by molar-refractivity contribution is 9.10. The van der Waals surface area contributed by atoms with Crippen LogP contribution in [0.2, 0.25) is 0 Å². The van der Waals surface area contributed by atoms with E-state index in [1.165, 1.54) is 6.07 Å². The van der Waals surface area contributed by atoms with Crippen LogP contribution in [0.1, 0.15) is 24.8 Å². The molecule has 19 heavy (non-hydrogen) atoms. The minimum absolute atomic E-state index is 0.0205. The molecule has 0 aromatic heterocycles. The molecule has 1 aromatic rings. The van der Waals surface area contributed by atoms with Gasteiger partial charge < -0.3 is 5.32 Å². The fraction of sp³-hybridized carbons (Fsp3) is 0.417. The largest absolute Gasteiger partial charge is 0.325 e. The summed E-state index contributed by atoms with van der Waals surface area (Å²) < 4.78 is 23.2. The molecule has 4 nitrogen and oxygen atoms in total. The summed E-state index contributed by atoms with van der Waals surface area (Å²) >= 11 is 3.25. The molecule has 0 saturated heterocycles. The SMILES string of the molecule is Cc1cc(NC(=O)C2CCC2)c(Br)cc1S(=O)(=O)Cl. The molecule has 1 N–H and O–H groups in total. The number of halogens is 2. The molecule has 7 heteroatoms. The summed E-state index contributed by atoms with van der Waals surface area (Å²) in [6, 6.07) is 3.02. The smallest absolute Gasteiger partial charge is 0.261 e. The molecule has 2 rings (SSSR count). The van der Waals surface area contributed by atoms with Crippen LogP contribution in [0.5, 0.6) is 0 Å². The van der Waals surface area contributed by atoms with Gasteiger partial charge in [-0.3, -0.25) is 4.79 Å². The van der Waals surface area contributed by atoms with Crippen molar-refractivity contribution in [2.24, 2.45) is 5.92 Å². The lowest BCUT2D eigenvalue weighted by Crippen LogP contribution is -2.28. The Hall–Kier alpha value is -0.590. The molecule has 1 aliphatic carbocycles. The summed E-state index contributed by atoms with van der Waals surface area (Å²) in [5.74, 6) is 0.0523. The Labute approximate surface area is 125 Å². The second-order valence-corrected chi connectivity index (χ2v) is 8.04. The van der Waals surface area contributed by atoms with Crippen LogP contribution in [0.3, 0.4) is 0 Å². The van der Waals surface area contributed by atoms with Gasteiger partial charge in [-0.15, -0.1) is 0 Å². The van der Waals surface area contributed by atoms with Crippen molar-refractivity contribution >= 4 is 47.3 Å². The van der Waals surface area contributed by atoms with Crippen LogP contribution in [0.4, 0.5) is 5.69 Å². The molecule has 0 heterocycles. The van der Waals surface area contributed by atoms with Crippen LogP contribution >= 0.6 is 26.6 Å². The first kappa shape index (κ1) is 14.8. The Morgan fingerprint density at radius 3 is 2.53 bits per heavy atom. The van der Waals surface area contributed by atoms with E-state index in [4.69, 9.17) is 10.7 Å². The van der Waals surface area contributed by atoms with E-state index in [2.05, 4.69) is 21.2 Å². The molecular formula is C12H13BrClNO3S. The molecule has 1 amide bonds. The van der Waals surface area contributed by atoms with Gasteiger partial charge in [0.2, 0.25) is 5.91 Å². The molecule has 0 atom stereocenters. The predicted octanol–water partition coefficient (Wildman–Crippen LogP) is 3.42. The lowest BCUT2D eigenvalue weighted by atomic mass is 9.85. The number of rotatable bonds is 3. The molecule has 0 aliphatic heterocycles. The number of aryl methyl sites for hydroxylation is 1. The third-order valence-electron chi connectivity index (χ3n) is 3.26. The normalized spacial score (nSPS) is 15.9. The van der Waals surface area contributed by atoms with Crippen molar-refractivity contribution in [1.82, 2.24) is 0 Å². The lowest BCUT2D eigenvalue weighted by molar-refractivity contribution is -0.122. The van der Waals surface area contributed by atoms with Crippen molar-refractivity contribution in [3.8, 4) is 0 Å².